The monoisotopic (exact) mass is 412 g/mol. The molecule has 1 spiro atoms. The molecule has 4 rings (SSSR count). The lowest BCUT2D eigenvalue weighted by atomic mass is 9.90. The van der Waals surface area contributed by atoms with Crippen molar-refractivity contribution in [1.82, 2.24) is 15.5 Å². The van der Waals surface area contributed by atoms with Gasteiger partial charge in [-0.25, -0.2) is 4.79 Å². The molecule has 0 saturated carbocycles. The van der Waals surface area contributed by atoms with Crippen molar-refractivity contribution >= 4 is 29.2 Å². The number of anilines is 1. The van der Waals surface area contributed by atoms with Crippen LogP contribution in [0.15, 0.2) is 48.5 Å². The van der Waals surface area contributed by atoms with Crippen LogP contribution in [0.4, 0.5) is 10.5 Å². The third kappa shape index (κ3) is 3.90. The van der Waals surface area contributed by atoms with Gasteiger partial charge in [-0.3, -0.25) is 4.79 Å². The Kier molecular flexibility index (Phi) is 5.37. The van der Waals surface area contributed by atoms with E-state index in [2.05, 4.69) is 27.7 Å². The normalized spacial score (nSPS) is 17.7. The van der Waals surface area contributed by atoms with E-state index in [1.165, 1.54) is 5.56 Å². The number of nitrogens with zero attached hydrogens (tertiary/aromatic N) is 2. The summed E-state index contributed by atoms with van der Waals surface area (Å²) in [5, 5.41) is 6.71. The molecular weight excluding hydrogens is 388 g/mol. The molecule has 29 heavy (non-hydrogen) atoms. The zero-order valence-corrected chi connectivity index (χ0v) is 17.2. The zero-order chi connectivity index (χ0) is 20.4. The van der Waals surface area contributed by atoms with Crippen LogP contribution in [0.5, 0.6) is 0 Å². The molecule has 7 heteroatoms. The molecule has 6 nitrogen and oxygen atoms in total. The van der Waals surface area contributed by atoms with Gasteiger partial charge >= 0.3 is 6.03 Å². The van der Waals surface area contributed by atoms with E-state index < -0.39 is 5.66 Å². The van der Waals surface area contributed by atoms with Gasteiger partial charge in [-0.2, -0.15) is 0 Å². The number of nitrogens with one attached hydrogen (secondary N) is 2. The Morgan fingerprint density at radius 2 is 1.90 bits per heavy atom. The Hall–Kier alpha value is -2.73. The van der Waals surface area contributed by atoms with Crippen molar-refractivity contribution in [3.63, 3.8) is 0 Å². The third-order valence-corrected chi connectivity index (χ3v) is 6.20. The number of piperidine rings is 1. The Balaban J connectivity index is 1.35. The number of hydrogen-bond acceptors (Lipinski definition) is 3. The fourth-order valence-electron chi connectivity index (χ4n) is 4.19. The van der Waals surface area contributed by atoms with Gasteiger partial charge in [0.1, 0.15) is 5.66 Å². The van der Waals surface area contributed by atoms with Crippen molar-refractivity contribution in [2.24, 2.45) is 0 Å². The van der Waals surface area contributed by atoms with Crippen molar-refractivity contribution in [2.75, 3.05) is 31.6 Å². The first-order valence-electron chi connectivity index (χ1n) is 9.91. The predicted molar refractivity (Wildman–Crippen MR) is 114 cm³/mol. The lowest BCUT2D eigenvalue weighted by molar-refractivity contribution is 0.0810. The summed E-state index contributed by atoms with van der Waals surface area (Å²) in [5.41, 5.74) is 2.19. The summed E-state index contributed by atoms with van der Waals surface area (Å²) in [6, 6.07) is 15.5. The van der Waals surface area contributed by atoms with Crippen molar-refractivity contribution in [3.8, 4) is 0 Å². The zero-order valence-electron chi connectivity index (χ0n) is 16.5. The Bertz CT molecular complexity index is 910. The van der Waals surface area contributed by atoms with Crippen LogP contribution < -0.4 is 15.5 Å². The fourth-order valence-corrected chi connectivity index (χ4v) is 4.36. The van der Waals surface area contributed by atoms with Crippen LogP contribution in [0, 0.1) is 0 Å². The molecule has 2 aliphatic heterocycles. The van der Waals surface area contributed by atoms with Gasteiger partial charge < -0.3 is 20.4 Å². The van der Waals surface area contributed by atoms with Crippen molar-refractivity contribution in [1.29, 1.82) is 0 Å². The number of urea groups is 1. The van der Waals surface area contributed by atoms with E-state index in [1.54, 1.807) is 12.1 Å². The highest BCUT2D eigenvalue weighted by molar-refractivity contribution is 6.31. The van der Waals surface area contributed by atoms with Crippen LogP contribution in [0.2, 0.25) is 5.02 Å². The van der Waals surface area contributed by atoms with Crippen LogP contribution in [0.1, 0.15) is 28.8 Å². The number of amides is 3. The fraction of sp³-hybridized carbons (Fsp3) is 0.364. The summed E-state index contributed by atoms with van der Waals surface area (Å²) < 4.78 is 0. The van der Waals surface area contributed by atoms with Crippen LogP contribution in [-0.4, -0.2) is 49.2 Å². The molecule has 2 aromatic carbocycles. The average Bonchev–Trinajstić information content (AvgIpc) is 2.73. The van der Waals surface area contributed by atoms with Gasteiger partial charge in [-0.05, 0) is 30.2 Å². The summed E-state index contributed by atoms with van der Waals surface area (Å²) in [6.45, 7) is 1.78. The molecule has 0 bridgehead atoms. The summed E-state index contributed by atoms with van der Waals surface area (Å²) in [6.07, 6.45) is 2.15. The number of likely N-dealkylation sites (tertiary alicyclic amines) is 1. The maximum absolute atomic E-state index is 12.7. The first kappa shape index (κ1) is 19.6. The van der Waals surface area contributed by atoms with E-state index in [4.69, 9.17) is 11.6 Å². The summed E-state index contributed by atoms with van der Waals surface area (Å²) in [7, 11) is 1.99. The first-order valence-corrected chi connectivity index (χ1v) is 10.3. The second-order valence-corrected chi connectivity index (χ2v) is 8.10. The van der Waals surface area contributed by atoms with E-state index in [0.717, 1.165) is 12.1 Å². The highest BCUT2D eigenvalue weighted by atomic mass is 35.5. The number of halogens is 1. The van der Waals surface area contributed by atoms with E-state index in [0.29, 0.717) is 43.1 Å². The van der Waals surface area contributed by atoms with Crippen LogP contribution in [0.3, 0.4) is 0 Å². The van der Waals surface area contributed by atoms with Crippen molar-refractivity contribution in [2.45, 2.75) is 24.9 Å². The summed E-state index contributed by atoms with van der Waals surface area (Å²) in [5.74, 6) is -0.110. The Morgan fingerprint density at radius 1 is 1.17 bits per heavy atom. The maximum Gasteiger partial charge on any atom is 0.317 e. The van der Waals surface area contributed by atoms with Gasteiger partial charge in [0.25, 0.3) is 5.91 Å². The van der Waals surface area contributed by atoms with Gasteiger partial charge in [-0.1, -0.05) is 41.9 Å². The lowest BCUT2D eigenvalue weighted by Gasteiger charge is -2.51. The molecule has 2 aliphatic rings. The molecule has 2 heterocycles. The maximum atomic E-state index is 12.7. The van der Waals surface area contributed by atoms with Gasteiger partial charge in [0.15, 0.2) is 0 Å². The van der Waals surface area contributed by atoms with E-state index in [9.17, 15) is 9.59 Å². The average molecular weight is 413 g/mol. The number of carbonyl (C=O) groups is 2. The molecule has 0 aromatic heterocycles. The Labute approximate surface area is 175 Å². The highest BCUT2D eigenvalue weighted by Gasteiger charge is 2.44. The summed E-state index contributed by atoms with van der Waals surface area (Å²) >= 11 is 6.05. The lowest BCUT2D eigenvalue weighted by Crippen LogP contribution is -2.67. The van der Waals surface area contributed by atoms with Crippen molar-refractivity contribution in [3.05, 3.63) is 64.7 Å². The molecular formula is C22H25ClN4O2. The molecule has 0 atom stereocenters. The quantitative estimate of drug-likeness (QED) is 0.813. The molecule has 0 radical (unpaired) electrons. The van der Waals surface area contributed by atoms with Gasteiger partial charge in [0.05, 0.1) is 11.3 Å². The highest BCUT2D eigenvalue weighted by Crippen LogP contribution is 2.37. The molecule has 1 fully saturated rings. The molecule has 1 saturated heterocycles. The minimum absolute atomic E-state index is 0.0484. The van der Waals surface area contributed by atoms with Gasteiger partial charge in [-0.15, -0.1) is 0 Å². The van der Waals surface area contributed by atoms with Gasteiger partial charge in [0.2, 0.25) is 0 Å². The largest absolute Gasteiger partial charge is 0.351 e. The van der Waals surface area contributed by atoms with E-state index in [-0.39, 0.29) is 11.9 Å². The predicted octanol–water partition coefficient (Wildman–Crippen LogP) is 3.26. The third-order valence-electron chi connectivity index (χ3n) is 5.96. The van der Waals surface area contributed by atoms with Crippen LogP contribution in [-0.2, 0) is 6.42 Å². The molecule has 2 N–H and O–H groups in total. The molecule has 0 aliphatic carbocycles. The van der Waals surface area contributed by atoms with Gasteiger partial charge in [0, 0.05) is 44.5 Å². The van der Waals surface area contributed by atoms with Crippen LogP contribution in [0.25, 0.3) is 0 Å². The second kappa shape index (κ2) is 7.95. The second-order valence-electron chi connectivity index (χ2n) is 7.66. The number of hydrogen-bond donors (Lipinski definition) is 2. The SMILES string of the molecule is CN1c2ccc(Cl)cc2C(=O)NC12CCN(C(=O)NCCc1ccccc1)CC2. The number of benzene rings is 2. The topological polar surface area (TPSA) is 64.7 Å². The molecule has 3 amide bonds. The minimum atomic E-state index is -0.473. The number of rotatable bonds is 3. The first-order chi connectivity index (χ1) is 14.0. The molecule has 0 unspecified atom stereocenters. The van der Waals surface area contributed by atoms with Crippen LogP contribution >= 0.6 is 11.6 Å². The standard InChI is InChI=1S/C22H25ClN4O2/c1-26-19-8-7-17(23)15-18(19)20(28)25-22(26)10-13-27(14-11-22)21(29)24-12-9-16-5-3-2-4-6-16/h2-8,15H,9-14H2,1H3,(H,24,29)(H,25,28). The minimum Gasteiger partial charge on any atom is -0.351 e. The smallest absolute Gasteiger partial charge is 0.317 e. The Morgan fingerprint density at radius 3 is 2.62 bits per heavy atom. The number of carbonyl (C=O) groups excluding carboxylic acids is 2. The van der Waals surface area contributed by atoms with Crippen molar-refractivity contribution < 1.29 is 9.59 Å². The van der Waals surface area contributed by atoms with E-state index in [1.807, 2.05) is 36.2 Å². The summed E-state index contributed by atoms with van der Waals surface area (Å²) in [4.78, 5) is 29.1. The van der Waals surface area contributed by atoms with E-state index >= 15 is 0 Å². The number of fused-ring (bicyclic) bond motifs is 1. The molecule has 152 valence electrons. The molecule has 2 aromatic rings.